The molecule has 24 heavy (non-hydrogen) atoms. The Morgan fingerprint density at radius 1 is 1.12 bits per heavy atom. The number of hydrogen-bond acceptors (Lipinski definition) is 5. The second-order valence-corrected chi connectivity index (χ2v) is 6.47. The Morgan fingerprint density at radius 2 is 1.88 bits per heavy atom. The molecule has 4 heterocycles. The zero-order valence-corrected chi connectivity index (χ0v) is 13.6. The minimum atomic E-state index is -0.792. The SMILES string of the molecule is O=C(O)N1CCC(N2CCN(c3cnc4ccnn4c3)CC2)CC1. The van der Waals surface area contributed by atoms with E-state index >= 15 is 0 Å². The number of aromatic nitrogens is 3. The number of piperidine rings is 1. The van der Waals surface area contributed by atoms with E-state index < -0.39 is 6.09 Å². The average molecular weight is 330 g/mol. The summed E-state index contributed by atoms with van der Waals surface area (Å²) in [5.74, 6) is 0. The highest BCUT2D eigenvalue weighted by Gasteiger charge is 2.29. The highest BCUT2D eigenvalue weighted by molar-refractivity contribution is 5.65. The molecule has 0 aliphatic carbocycles. The lowest BCUT2D eigenvalue weighted by Crippen LogP contribution is -2.53. The van der Waals surface area contributed by atoms with Crippen molar-refractivity contribution >= 4 is 17.4 Å². The summed E-state index contributed by atoms with van der Waals surface area (Å²) in [6.07, 6.45) is 6.79. The van der Waals surface area contributed by atoms with Gasteiger partial charge in [0.25, 0.3) is 0 Å². The predicted molar refractivity (Wildman–Crippen MR) is 89.4 cm³/mol. The molecule has 1 N–H and O–H groups in total. The normalized spacial score (nSPS) is 20.7. The predicted octanol–water partition coefficient (Wildman–Crippen LogP) is 0.994. The monoisotopic (exact) mass is 330 g/mol. The van der Waals surface area contributed by atoms with Crippen LogP contribution in [0.3, 0.4) is 0 Å². The van der Waals surface area contributed by atoms with Gasteiger partial charge >= 0.3 is 6.09 Å². The molecule has 0 bridgehead atoms. The fourth-order valence-corrected chi connectivity index (χ4v) is 3.73. The lowest BCUT2D eigenvalue weighted by atomic mass is 10.0. The maximum atomic E-state index is 11.0. The van der Waals surface area contributed by atoms with Crippen LogP contribution in [0.5, 0.6) is 0 Å². The van der Waals surface area contributed by atoms with Crippen molar-refractivity contribution < 1.29 is 9.90 Å². The van der Waals surface area contributed by atoms with E-state index in [0.29, 0.717) is 19.1 Å². The minimum absolute atomic E-state index is 0.509. The van der Waals surface area contributed by atoms with Gasteiger partial charge in [0.15, 0.2) is 5.65 Å². The molecule has 8 heteroatoms. The summed E-state index contributed by atoms with van der Waals surface area (Å²) in [5, 5.41) is 13.3. The van der Waals surface area contributed by atoms with E-state index in [0.717, 1.165) is 50.4 Å². The van der Waals surface area contributed by atoms with Gasteiger partial charge < -0.3 is 14.9 Å². The van der Waals surface area contributed by atoms with Crippen LogP contribution in [0.25, 0.3) is 5.65 Å². The number of hydrogen-bond donors (Lipinski definition) is 1. The summed E-state index contributed by atoms with van der Waals surface area (Å²) in [7, 11) is 0. The van der Waals surface area contributed by atoms with Crippen molar-refractivity contribution in [3.05, 3.63) is 24.7 Å². The molecule has 0 saturated carbocycles. The van der Waals surface area contributed by atoms with E-state index in [1.165, 1.54) is 4.90 Å². The lowest BCUT2D eigenvalue weighted by molar-refractivity contribution is 0.0919. The molecule has 128 valence electrons. The Hall–Kier alpha value is -2.35. The molecule has 0 radical (unpaired) electrons. The van der Waals surface area contributed by atoms with Crippen molar-refractivity contribution in [3.8, 4) is 0 Å². The smallest absolute Gasteiger partial charge is 0.407 e. The Labute approximate surface area is 140 Å². The average Bonchev–Trinajstić information content (AvgIpc) is 3.09. The number of carboxylic acid groups (broad SMARTS) is 1. The Morgan fingerprint density at radius 3 is 2.58 bits per heavy atom. The van der Waals surface area contributed by atoms with Gasteiger partial charge in [0, 0.05) is 51.4 Å². The number of likely N-dealkylation sites (tertiary alicyclic amines) is 1. The van der Waals surface area contributed by atoms with Crippen LogP contribution >= 0.6 is 0 Å². The first kappa shape index (κ1) is 15.2. The fourth-order valence-electron chi connectivity index (χ4n) is 3.73. The number of carbonyl (C=O) groups is 1. The largest absolute Gasteiger partial charge is 0.465 e. The van der Waals surface area contributed by atoms with Gasteiger partial charge in [-0.3, -0.25) is 4.90 Å². The minimum Gasteiger partial charge on any atom is -0.465 e. The highest BCUT2D eigenvalue weighted by Crippen LogP contribution is 2.21. The molecule has 2 aliphatic rings. The Balaban J connectivity index is 1.34. The number of piperazine rings is 1. The summed E-state index contributed by atoms with van der Waals surface area (Å²) in [6.45, 7) is 5.26. The van der Waals surface area contributed by atoms with Gasteiger partial charge in [-0.05, 0) is 12.8 Å². The zero-order chi connectivity index (χ0) is 16.5. The number of nitrogens with zero attached hydrogens (tertiary/aromatic N) is 6. The topological polar surface area (TPSA) is 77.2 Å². The van der Waals surface area contributed by atoms with Gasteiger partial charge in [-0.15, -0.1) is 0 Å². The van der Waals surface area contributed by atoms with Crippen molar-refractivity contribution in [2.75, 3.05) is 44.2 Å². The standard InChI is InChI=1S/C16H22N6O2/c23-16(24)21-5-2-13(3-6-21)19-7-9-20(10-8-19)14-11-17-15-1-4-18-22(15)12-14/h1,4,11-13H,2-3,5-10H2,(H,23,24). The molecule has 0 unspecified atom stereocenters. The van der Waals surface area contributed by atoms with E-state index in [1.807, 2.05) is 23.0 Å². The van der Waals surface area contributed by atoms with Crippen LogP contribution in [0.2, 0.25) is 0 Å². The van der Waals surface area contributed by atoms with Crippen LogP contribution < -0.4 is 4.90 Å². The summed E-state index contributed by atoms with van der Waals surface area (Å²) in [5.41, 5.74) is 1.97. The third-order valence-electron chi connectivity index (χ3n) is 5.16. The van der Waals surface area contributed by atoms with Gasteiger partial charge in [-0.2, -0.15) is 5.10 Å². The molecule has 0 spiro atoms. The molecular weight excluding hydrogens is 308 g/mol. The first-order valence-electron chi connectivity index (χ1n) is 8.47. The molecular formula is C16H22N6O2. The van der Waals surface area contributed by atoms with Gasteiger partial charge in [0.05, 0.1) is 24.3 Å². The van der Waals surface area contributed by atoms with Crippen molar-refractivity contribution in [2.24, 2.45) is 0 Å². The molecule has 4 rings (SSSR count). The second-order valence-electron chi connectivity index (χ2n) is 6.47. The van der Waals surface area contributed by atoms with E-state index in [9.17, 15) is 4.79 Å². The van der Waals surface area contributed by atoms with Crippen LogP contribution in [0.1, 0.15) is 12.8 Å². The van der Waals surface area contributed by atoms with E-state index in [2.05, 4.69) is 19.9 Å². The fraction of sp³-hybridized carbons (Fsp3) is 0.562. The van der Waals surface area contributed by atoms with Crippen LogP contribution in [-0.4, -0.2) is 80.9 Å². The van der Waals surface area contributed by atoms with Gasteiger partial charge in [0.1, 0.15) is 0 Å². The lowest BCUT2D eigenvalue weighted by Gasteiger charge is -2.42. The van der Waals surface area contributed by atoms with Gasteiger partial charge in [-0.25, -0.2) is 14.3 Å². The van der Waals surface area contributed by atoms with Gasteiger partial charge in [0.2, 0.25) is 0 Å². The first-order chi connectivity index (χ1) is 11.7. The molecule has 2 saturated heterocycles. The number of amides is 1. The second kappa shape index (κ2) is 6.27. The molecule has 0 aromatic carbocycles. The third kappa shape index (κ3) is 2.89. The molecule has 2 aromatic heterocycles. The Bertz CT molecular complexity index is 716. The summed E-state index contributed by atoms with van der Waals surface area (Å²) < 4.78 is 1.81. The molecule has 2 aromatic rings. The van der Waals surface area contributed by atoms with E-state index in [-0.39, 0.29) is 0 Å². The van der Waals surface area contributed by atoms with Crippen LogP contribution in [0.15, 0.2) is 24.7 Å². The maximum Gasteiger partial charge on any atom is 0.407 e. The number of rotatable bonds is 2. The summed E-state index contributed by atoms with van der Waals surface area (Å²) >= 11 is 0. The third-order valence-corrected chi connectivity index (χ3v) is 5.16. The van der Waals surface area contributed by atoms with Crippen molar-refractivity contribution in [1.82, 2.24) is 24.4 Å². The number of anilines is 1. The molecule has 2 aliphatic heterocycles. The van der Waals surface area contributed by atoms with Crippen LogP contribution in [0, 0.1) is 0 Å². The first-order valence-corrected chi connectivity index (χ1v) is 8.47. The van der Waals surface area contributed by atoms with Gasteiger partial charge in [-0.1, -0.05) is 0 Å². The Kier molecular flexibility index (Phi) is 3.97. The maximum absolute atomic E-state index is 11.0. The number of fused-ring (bicyclic) bond motifs is 1. The zero-order valence-electron chi connectivity index (χ0n) is 13.6. The molecule has 1 amide bonds. The highest BCUT2D eigenvalue weighted by atomic mass is 16.4. The molecule has 0 atom stereocenters. The van der Waals surface area contributed by atoms with Crippen molar-refractivity contribution in [1.29, 1.82) is 0 Å². The van der Waals surface area contributed by atoms with Crippen molar-refractivity contribution in [3.63, 3.8) is 0 Å². The summed E-state index contributed by atoms with van der Waals surface area (Å²) in [6, 6.07) is 2.40. The summed E-state index contributed by atoms with van der Waals surface area (Å²) in [4.78, 5) is 21.8. The van der Waals surface area contributed by atoms with Crippen LogP contribution in [-0.2, 0) is 0 Å². The molecule has 8 nitrogen and oxygen atoms in total. The van der Waals surface area contributed by atoms with Crippen molar-refractivity contribution in [2.45, 2.75) is 18.9 Å². The van der Waals surface area contributed by atoms with Crippen LogP contribution in [0.4, 0.5) is 10.5 Å². The van der Waals surface area contributed by atoms with E-state index in [1.54, 1.807) is 6.20 Å². The quantitative estimate of drug-likeness (QED) is 0.885. The molecule has 2 fully saturated rings. The van der Waals surface area contributed by atoms with E-state index in [4.69, 9.17) is 5.11 Å².